The van der Waals surface area contributed by atoms with E-state index in [4.69, 9.17) is 25.8 Å². The van der Waals surface area contributed by atoms with Crippen molar-refractivity contribution in [1.82, 2.24) is 19.6 Å². The van der Waals surface area contributed by atoms with Crippen LogP contribution in [0.5, 0.6) is 0 Å². The molecule has 0 N–H and O–H groups in total. The van der Waals surface area contributed by atoms with Gasteiger partial charge in [0, 0.05) is 21.7 Å². The van der Waals surface area contributed by atoms with Crippen LogP contribution in [0.15, 0.2) is 101 Å². The van der Waals surface area contributed by atoms with Gasteiger partial charge in [0.15, 0.2) is 18.1 Å². The zero-order chi connectivity index (χ0) is 23.6. The van der Waals surface area contributed by atoms with E-state index in [1.165, 1.54) is 0 Å². The van der Waals surface area contributed by atoms with E-state index < -0.39 is 0 Å². The smallest absolute Gasteiger partial charge is 0.232 e. The first-order valence-electron chi connectivity index (χ1n) is 11.0. The summed E-state index contributed by atoms with van der Waals surface area (Å²) >= 11 is 6.15. The van der Waals surface area contributed by atoms with Gasteiger partial charge in [0.1, 0.15) is 12.1 Å². The number of aromatic nitrogens is 4. The SMILES string of the molecule is Clc1ccccc1/C=N/OCc1nc2c3c(-c4ccccc4)c(-c4ccccc4)oc3ncn2n1. The quantitative estimate of drug-likeness (QED) is 0.204. The lowest BCUT2D eigenvalue weighted by Gasteiger charge is -2.03. The topological polar surface area (TPSA) is 77.8 Å². The van der Waals surface area contributed by atoms with Gasteiger partial charge >= 0.3 is 0 Å². The van der Waals surface area contributed by atoms with E-state index in [9.17, 15) is 0 Å². The lowest BCUT2D eigenvalue weighted by Crippen LogP contribution is -1.93. The van der Waals surface area contributed by atoms with Crippen molar-refractivity contribution in [3.63, 3.8) is 0 Å². The number of oxime groups is 1. The van der Waals surface area contributed by atoms with Crippen LogP contribution in [0.25, 0.3) is 39.2 Å². The molecule has 0 radical (unpaired) electrons. The Bertz CT molecular complexity index is 1660. The summed E-state index contributed by atoms with van der Waals surface area (Å²) in [5.41, 5.74) is 4.77. The van der Waals surface area contributed by atoms with Gasteiger partial charge in [-0.25, -0.2) is 14.5 Å². The maximum absolute atomic E-state index is 6.26. The second-order valence-electron chi connectivity index (χ2n) is 7.79. The molecule has 6 aromatic rings. The van der Waals surface area contributed by atoms with Crippen LogP contribution in [0.2, 0.25) is 5.02 Å². The monoisotopic (exact) mass is 479 g/mol. The van der Waals surface area contributed by atoms with Gasteiger partial charge in [0.05, 0.1) is 11.6 Å². The number of benzene rings is 3. The second kappa shape index (κ2) is 9.04. The molecule has 0 atom stereocenters. The van der Waals surface area contributed by atoms with Crippen molar-refractivity contribution in [2.75, 3.05) is 0 Å². The highest BCUT2D eigenvalue weighted by molar-refractivity contribution is 6.33. The van der Waals surface area contributed by atoms with Gasteiger partial charge in [-0.15, -0.1) is 5.10 Å². The van der Waals surface area contributed by atoms with Crippen molar-refractivity contribution in [2.24, 2.45) is 5.16 Å². The van der Waals surface area contributed by atoms with E-state index in [1.807, 2.05) is 78.9 Å². The van der Waals surface area contributed by atoms with Gasteiger partial charge in [0.2, 0.25) is 5.71 Å². The molecular weight excluding hydrogens is 462 g/mol. The zero-order valence-corrected chi connectivity index (χ0v) is 19.1. The number of hydrogen-bond donors (Lipinski definition) is 0. The molecule has 0 spiro atoms. The minimum atomic E-state index is 0.0915. The Morgan fingerprint density at radius 3 is 2.40 bits per heavy atom. The molecule has 0 aliphatic carbocycles. The molecule has 3 heterocycles. The standard InChI is InChI=1S/C27H18ClN5O2/c28-21-14-8-7-13-20(21)15-30-34-16-22-31-26-24-23(18-9-3-1-4-10-18)25(19-11-5-2-6-12-19)35-27(24)29-17-33(26)32-22/h1-15,17H,16H2/b30-15+. The van der Waals surface area contributed by atoms with Gasteiger partial charge in [-0.1, -0.05) is 95.6 Å². The van der Waals surface area contributed by atoms with Crippen molar-refractivity contribution in [3.05, 3.63) is 108 Å². The summed E-state index contributed by atoms with van der Waals surface area (Å²) in [6, 6.07) is 27.4. The number of halogens is 1. The molecule has 3 aromatic heterocycles. The Labute approximate surface area is 205 Å². The third-order valence-electron chi connectivity index (χ3n) is 5.54. The molecule has 170 valence electrons. The maximum Gasteiger partial charge on any atom is 0.232 e. The van der Waals surface area contributed by atoms with Crippen LogP contribution in [-0.2, 0) is 11.4 Å². The lowest BCUT2D eigenvalue weighted by atomic mass is 9.99. The predicted molar refractivity (Wildman–Crippen MR) is 135 cm³/mol. The first-order chi connectivity index (χ1) is 17.3. The summed E-state index contributed by atoms with van der Waals surface area (Å²) < 4.78 is 7.89. The Balaban J connectivity index is 1.41. The molecule has 7 nitrogen and oxygen atoms in total. The number of nitrogens with zero attached hydrogens (tertiary/aromatic N) is 5. The molecule has 0 saturated heterocycles. The van der Waals surface area contributed by atoms with E-state index in [0.29, 0.717) is 22.2 Å². The van der Waals surface area contributed by atoms with Crippen LogP contribution in [0.1, 0.15) is 11.4 Å². The fourth-order valence-corrected chi connectivity index (χ4v) is 4.13. The second-order valence-corrected chi connectivity index (χ2v) is 8.20. The van der Waals surface area contributed by atoms with Gasteiger partial charge in [0.25, 0.3) is 0 Å². The van der Waals surface area contributed by atoms with Crippen LogP contribution in [-0.4, -0.2) is 25.8 Å². The molecule has 35 heavy (non-hydrogen) atoms. The molecule has 0 aliphatic heterocycles. The third-order valence-corrected chi connectivity index (χ3v) is 5.88. The maximum atomic E-state index is 6.26. The van der Waals surface area contributed by atoms with Gasteiger partial charge < -0.3 is 9.25 Å². The zero-order valence-electron chi connectivity index (χ0n) is 18.4. The van der Waals surface area contributed by atoms with E-state index in [0.717, 1.165) is 33.4 Å². The molecule has 0 unspecified atom stereocenters. The highest BCUT2D eigenvalue weighted by Crippen LogP contribution is 2.41. The molecule has 3 aromatic carbocycles. The Kier molecular flexibility index (Phi) is 5.44. The van der Waals surface area contributed by atoms with Crippen molar-refractivity contribution in [1.29, 1.82) is 0 Å². The first kappa shape index (κ1) is 21.1. The number of furan rings is 1. The van der Waals surface area contributed by atoms with Crippen LogP contribution >= 0.6 is 11.6 Å². The van der Waals surface area contributed by atoms with E-state index in [2.05, 4.69) is 15.2 Å². The molecule has 0 bridgehead atoms. The summed E-state index contributed by atoms with van der Waals surface area (Å²) in [4.78, 5) is 14.7. The van der Waals surface area contributed by atoms with Crippen molar-refractivity contribution in [3.8, 4) is 22.5 Å². The molecule has 6 rings (SSSR count). The van der Waals surface area contributed by atoms with Crippen LogP contribution in [0, 0.1) is 0 Å². The van der Waals surface area contributed by atoms with Crippen LogP contribution in [0.3, 0.4) is 0 Å². The fraction of sp³-hybridized carbons (Fsp3) is 0.0370. The minimum absolute atomic E-state index is 0.0915. The summed E-state index contributed by atoms with van der Waals surface area (Å²) in [5, 5.41) is 9.91. The Hall–Kier alpha value is -4.49. The molecular formula is C27H18ClN5O2. The number of rotatable bonds is 6. The van der Waals surface area contributed by atoms with Crippen molar-refractivity contribution < 1.29 is 9.25 Å². The fourth-order valence-electron chi connectivity index (χ4n) is 3.95. The average Bonchev–Trinajstić information content (AvgIpc) is 3.50. The molecule has 0 saturated carbocycles. The summed E-state index contributed by atoms with van der Waals surface area (Å²) in [6.07, 6.45) is 3.15. The van der Waals surface area contributed by atoms with E-state index in [1.54, 1.807) is 23.1 Å². The lowest BCUT2D eigenvalue weighted by molar-refractivity contribution is 0.126. The summed E-state index contributed by atoms with van der Waals surface area (Å²) in [7, 11) is 0. The first-order valence-corrected chi connectivity index (χ1v) is 11.3. The highest BCUT2D eigenvalue weighted by Gasteiger charge is 2.22. The molecule has 0 aliphatic rings. The van der Waals surface area contributed by atoms with Crippen LogP contribution in [0.4, 0.5) is 0 Å². The van der Waals surface area contributed by atoms with Crippen molar-refractivity contribution in [2.45, 2.75) is 6.61 Å². The molecule has 8 heteroatoms. The third kappa shape index (κ3) is 4.02. The molecule has 0 amide bonds. The minimum Gasteiger partial charge on any atom is -0.437 e. The van der Waals surface area contributed by atoms with Gasteiger partial charge in [-0.2, -0.15) is 0 Å². The van der Waals surface area contributed by atoms with Gasteiger partial charge in [-0.05, 0) is 11.6 Å². The van der Waals surface area contributed by atoms with Crippen LogP contribution < -0.4 is 0 Å². The molecule has 0 fully saturated rings. The predicted octanol–water partition coefficient (Wildman–Crippen LogP) is 6.41. The highest BCUT2D eigenvalue weighted by atomic mass is 35.5. The van der Waals surface area contributed by atoms with E-state index in [-0.39, 0.29) is 6.61 Å². The summed E-state index contributed by atoms with van der Waals surface area (Å²) in [5.74, 6) is 1.20. The van der Waals surface area contributed by atoms with E-state index >= 15 is 0 Å². The Morgan fingerprint density at radius 2 is 1.63 bits per heavy atom. The van der Waals surface area contributed by atoms with Gasteiger partial charge in [-0.3, -0.25) is 0 Å². The Morgan fingerprint density at radius 1 is 0.914 bits per heavy atom. The average molecular weight is 480 g/mol. The van der Waals surface area contributed by atoms with Crippen molar-refractivity contribution >= 4 is 34.6 Å². The normalized spacial score (nSPS) is 11.6. The number of hydrogen-bond acceptors (Lipinski definition) is 6. The summed E-state index contributed by atoms with van der Waals surface area (Å²) in [6.45, 7) is 0.0915. The largest absolute Gasteiger partial charge is 0.437 e. The number of fused-ring (bicyclic) bond motifs is 3.